The molecule has 0 bridgehead atoms. The van der Waals surface area contributed by atoms with E-state index in [4.69, 9.17) is 0 Å². The topological polar surface area (TPSA) is 85.1 Å². The van der Waals surface area contributed by atoms with E-state index in [1.54, 1.807) is 18.2 Å². The molecular formula is C13H11N3O3. The van der Waals surface area contributed by atoms with E-state index < -0.39 is 11.7 Å². The number of carbonyl (C=O) groups is 1. The smallest absolute Gasteiger partial charge is 0.348 e. The van der Waals surface area contributed by atoms with Crippen LogP contribution in [0.5, 0.6) is 0 Å². The summed E-state index contributed by atoms with van der Waals surface area (Å²) in [6, 6.07) is 5.17. The Morgan fingerprint density at radius 3 is 2.74 bits per heavy atom. The third kappa shape index (κ3) is 2.12. The predicted octanol–water partition coefficient (Wildman–Crippen LogP) is 1.34. The Hall–Kier alpha value is -2.50. The number of pyridine rings is 1. The molecule has 0 spiro atoms. The number of aromatic nitrogens is 3. The Kier molecular flexibility index (Phi) is 2.63. The second-order valence-corrected chi connectivity index (χ2v) is 4.44. The maximum absolute atomic E-state index is 11.9. The van der Waals surface area contributed by atoms with Gasteiger partial charge in [-0.2, -0.15) is 4.98 Å². The molecular weight excluding hydrogens is 246 g/mol. The third-order valence-electron chi connectivity index (χ3n) is 3.03. The van der Waals surface area contributed by atoms with Crippen LogP contribution in [0.25, 0.3) is 11.4 Å². The maximum atomic E-state index is 11.9. The molecule has 1 aliphatic rings. The quantitative estimate of drug-likeness (QED) is 0.896. The largest absolute Gasteiger partial charge is 0.478 e. The lowest BCUT2D eigenvalue weighted by molar-refractivity contribution is 0.0696. The normalized spacial score (nSPS) is 14.3. The summed E-state index contributed by atoms with van der Waals surface area (Å²) in [5.74, 6) is -1.11. The molecule has 2 aromatic heterocycles. The van der Waals surface area contributed by atoms with Gasteiger partial charge in [0.05, 0.1) is 5.69 Å². The Morgan fingerprint density at radius 1 is 1.37 bits per heavy atom. The third-order valence-corrected chi connectivity index (χ3v) is 3.03. The summed E-state index contributed by atoms with van der Waals surface area (Å²) in [6.07, 6.45) is 4.70. The highest BCUT2D eigenvalue weighted by Crippen LogP contribution is 2.33. The van der Waals surface area contributed by atoms with Gasteiger partial charge >= 0.3 is 11.7 Å². The molecule has 0 aliphatic heterocycles. The molecule has 96 valence electrons. The van der Waals surface area contributed by atoms with Gasteiger partial charge in [0.25, 0.3) is 0 Å². The molecule has 19 heavy (non-hydrogen) atoms. The summed E-state index contributed by atoms with van der Waals surface area (Å²) in [5.41, 5.74) is 0.0910. The average Bonchev–Trinajstić information content (AvgIpc) is 3.23. The fourth-order valence-corrected chi connectivity index (χ4v) is 1.94. The first-order valence-electron chi connectivity index (χ1n) is 5.94. The van der Waals surface area contributed by atoms with Crippen molar-refractivity contribution in [3.05, 3.63) is 46.6 Å². The van der Waals surface area contributed by atoms with Gasteiger partial charge in [-0.05, 0) is 25.0 Å². The van der Waals surface area contributed by atoms with Crippen LogP contribution in [0.3, 0.4) is 0 Å². The van der Waals surface area contributed by atoms with E-state index in [0.717, 1.165) is 12.8 Å². The van der Waals surface area contributed by atoms with Gasteiger partial charge in [0.2, 0.25) is 0 Å². The van der Waals surface area contributed by atoms with Crippen LogP contribution < -0.4 is 5.69 Å². The molecule has 3 rings (SSSR count). The Balaban J connectivity index is 2.21. The molecule has 6 nitrogen and oxygen atoms in total. The average molecular weight is 257 g/mol. The van der Waals surface area contributed by atoms with Crippen LogP contribution in [-0.4, -0.2) is 25.6 Å². The monoisotopic (exact) mass is 257 g/mol. The van der Waals surface area contributed by atoms with Crippen LogP contribution in [0.15, 0.2) is 35.4 Å². The summed E-state index contributed by atoms with van der Waals surface area (Å²) in [5, 5.41) is 9.26. The van der Waals surface area contributed by atoms with E-state index >= 15 is 0 Å². The van der Waals surface area contributed by atoms with Crippen molar-refractivity contribution in [2.45, 2.75) is 18.9 Å². The Labute approximate surface area is 108 Å². The van der Waals surface area contributed by atoms with E-state index in [1.807, 2.05) is 0 Å². The van der Waals surface area contributed by atoms with Gasteiger partial charge in [0.1, 0.15) is 11.3 Å². The molecule has 1 saturated carbocycles. The fourth-order valence-electron chi connectivity index (χ4n) is 1.94. The first-order valence-corrected chi connectivity index (χ1v) is 5.94. The van der Waals surface area contributed by atoms with Gasteiger partial charge < -0.3 is 5.11 Å². The van der Waals surface area contributed by atoms with Gasteiger partial charge in [-0.1, -0.05) is 6.07 Å². The summed E-state index contributed by atoms with van der Waals surface area (Å²) >= 11 is 0. The zero-order valence-electron chi connectivity index (χ0n) is 9.98. The van der Waals surface area contributed by atoms with E-state index in [2.05, 4.69) is 9.97 Å². The van der Waals surface area contributed by atoms with Crippen molar-refractivity contribution in [1.29, 1.82) is 0 Å². The lowest BCUT2D eigenvalue weighted by Crippen LogP contribution is -2.24. The standard InChI is InChI=1S/C13H11N3O3/c17-12(18)9-7-16(8-4-5-8)13(19)15-11(9)10-3-1-2-6-14-10/h1-3,6-8H,4-5H2,(H,17,18). The van der Waals surface area contributed by atoms with E-state index in [0.29, 0.717) is 5.69 Å². The molecule has 1 N–H and O–H groups in total. The van der Waals surface area contributed by atoms with Gasteiger partial charge in [-0.3, -0.25) is 9.55 Å². The predicted molar refractivity (Wildman–Crippen MR) is 67.0 cm³/mol. The molecule has 1 aliphatic carbocycles. The number of hydrogen-bond acceptors (Lipinski definition) is 4. The number of aromatic carboxylic acids is 1. The van der Waals surface area contributed by atoms with Gasteiger partial charge in [0.15, 0.2) is 0 Å². The summed E-state index contributed by atoms with van der Waals surface area (Å²) < 4.78 is 1.40. The number of nitrogens with zero attached hydrogens (tertiary/aromatic N) is 3. The highest BCUT2D eigenvalue weighted by atomic mass is 16.4. The summed E-state index contributed by atoms with van der Waals surface area (Å²) in [6.45, 7) is 0. The maximum Gasteiger partial charge on any atom is 0.348 e. The molecule has 6 heteroatoms. The van der Waals surface area contributed by atoms with E-state index in [9.17, 15) is 14.7 Å². The van der Waals surface area contributed by atoms with Crippen molar-refractivity contribution < 1.29 is 9.90 Å². The van der Waals surface area contributed by atoms with Crippen molar-refractivity contribution >= 4 is 5.97 Å². The van der Waals surface area contributed by atoms with Crippen LogP contribution in [-0.2, 0) is 0 Å². The fraction of sp³-hybridized carbons (Fsp3) is 0.231. The van der Waals surface area contributed by atoms with Crippen molar-refractivity contribution in [3.8, 4) is 11.4 Å². The van der Waals surface area contributed by atoms with Gasteiger partial charge in [-0.25, -0.2) is 9.59 Å². The highest BCUT2D eigenvalue weighted by molar-refractivity contribution is 5.93. The van der Waals surface area contributed by atoms with E-state index in [1.165, 1.54) is 17.0 Å². The Morgan fingerprint density at radius 2 is 2.16 bits per heavy atom. The van der Waals surface area contributed by atoms with Crippen LogP contribution in [0, 0.1) is 0 Å². The molecule has 2 heterocycles. The zero-order chi connectivity index (χ0) is 13.4. The molecule has 2 aromatic rings. The van der Waals surface area contributed by atoms with Crippen molar-refractivity contribution in [2.24, 2.45) is 0 Å². The van der Waals surface area contributed by atoms with Gasteiger partial charge in [-0.15, -0.1) is 0 Å². The van der Waals surface area contributed by atoms with E-state index in [-0.39, 0.29) is 17.3 Å². The van der Waals surface area contributed by atoms with Crippen LogP contribution in [0.4, 0.5) is 0 Å². The number of carboxylic acids is 1. The van der Waals surface area contributed by atoms with Crippen LogP contribution in [0.2, 0.25) is 0 Å². The van der Waals surface area contributed by atoms with Crippen molar-refractivity contribution in [3.63, 3.8) is 0 Å². The minimum Gasteiger partial charge on any atom is -0.478 e. The molecule has 0 amide bonds. The van der Waals surface area contributed by atoms with Gasteiger partial charge in [0, 0.05) is 18.4 Å². The Bertz CT molecular complexity index is 690. The number of rotatable bonds is 3. The number of carboxylic acid groups (broad SMARTS) is 1. The molecule has 0 aromatic carbocycles. The molecule has 0 saturated heterocycles. The second-order valence-electron chi connectivity index (χ2n) is 4.44. The van der Waals surface area contributed by atoms with Crippen LogP contribution in [0.1, 0.15) is 29.2 Å². The van der Waals surface area contributed by atoms with Crippen LogP contribution >= 0.6 is 0 Å². The SMILES string of the molecule is O=C(O)c1cn(C2CC2)c(=O)nc1-c1ccccn1. The molecule has 0 unspecified atom stereocenters. The minimum absolute atomic E-state index is 0.00481. The van der Waals surface area contributed by atoms with Crippen molar-refractivity contribution in [2.75, 3.05) is 0 Å². The lowest BCUT2D eigenvalue weighted by Gasteiger charge is -2.08. The zero-order valence-corrected chi connectivity index (χ0v) is 9.98. The number of hydrogen-bond donors (Lipinski definition) is 1. The molecule has 0 radical (unpaired) electrons. The first-order chi connectivity index (χ1) is 9.16. The second kappa shape index (κ2) is 4.31. The summed E-state index contributed by atoms with van der Waals surface area (Å²) in [4.78, 5) is 31.2. The summed E-state index contributed by atoms with van der Waals surface area (Å²) in [7, 11) is 0. The lowest BCUT2D eigenvalue weighted by atomic mass is 10.1. The minimum atomic E-state index is -1.11. The first kappa shape index (κ1) is 11.6. The highest BCUT2D eigenvalue weighted by Gasteiger charge is 2.27. The molecule has 1 fully saturated rings. The molecule has 0 atom stereocenters. The van der Waals surface area contributed by atoms with Crippen molar-refractivity contribution in [1.82, 2.24) is 14.5 Å².